The molecule has 1 aromatic carbocycles. The molecule has 4 rings (SSSR count). The average molecular weight is 524 g/mol. The molecule has 0 aliphatic carbocycles. The minimum absolute atomic E-state index is 0.0361. The number of hydrogen-bond acceptors (Lipinski definition) is 7. The SMILES string of the molecule is CCCC(C)Nc1cc(Nc2ccc(OCCCCCCC(=O)O)cc2)nc2c1ncn2C1CCCCO1. The van der Waals surface area contributed by atoms with Crippen molar-refractivity contribution in [2.75, 3.05) is 23.8 Å². The molecule has 0 amide bonds. The summed E-state index contributed by atoms with van der Waals surface area (Å²) in [5.41, 5.74) is 3.57. The molecule has 3 heterocycles. The van der Waals surface area contributed by atoms with E-state index < -0.39 is 5.97 Å². The highest BCUT2D eigenvalue weighted by Crippen LogP contribution is 2.32. The Hall–Kier alpha value is -3.33. The third-order valence-corrected chi connectivity index (χ3v) is 6.80. The zero-order valence-corrected chi connectivity index (χ0v) is 22.6. The van der Waals surface area contributed by atoms with Crippen LogP contribution in [-0.2, 0) is 9.53 Å². The maximum absolute atomic E-state index is 10.6. The molecule has 2 unspecified atom stereocenters. The van der Waals surface area contributed by atoms with Crippen molar-refractivity contribution in [3.63, 3.8) is 0 Å². The molecule has 0 spiro atoms. The van der Waals surface area contributed by atoms with Crippen LogP contribution in [0, 0.1) is 0 Å². The highest BCUT2D eigenvalue weighted by atomic mass is 16.5. The molecule has 0 radical (unpaired) electrons. The van der Waals surface area contributed by atoms with Crippen molar-refractivity contribution < 1.29 is 19.4 Å². The van der Waals surface area contributed by atoms with Gasteiger partial charge in [0.1, 0.15) is 23.3 Å². The Morgan fingerprint density at radius 2 is 2.03 bits per heavy atom. The van der Waals surface area contributed by atoms with Gasteiger partial charge in [0.05, 0.1) is 18.6 Å². The molecule has 3 N–H and O–H groups in total. The minimum atomic E-state index is -0.729. The van der Waals surface area contributed by atoms with Gasteiger partial charge in [-0.15, -0.1) is 0 Å². The first-order chi connectivity index (χ1) is 18.5. The van der Waals surface area contributed by atoms with Gasteiger partial charge < -0.3 is 25.2 Å². The Morgan fingerprint density at radius 1 is 1.21 bits per heavy atom. The summed E-state index contributed by atoms with van der Waals surface area (Å²) in [6.07, 6.45) is 10.9. The van der Waals surface area contributed by atoms with Crippen LogP contribution in [0.1, 0.15) is 84.3 Å². The monoisotopic (exact) mass is 523 g/mol. The molecule has 0 bridgehead atoms. The number of fused-ring (bicyclic) bond motifs is 1. The second-order valence-electron chi connectivity index (χ2n) is 10.1. The number of carbonyl (C=O) groups is 1. The number of nitrogens with one attached hydrogen (secondary N) is 2. The smallest absolute Gasteiger partial charge is 0.303 e. The van der Waals surface area contributed by atoms with Gasteiger partial charge in [0, 0.05) is 30.8 Å². The van der Waals surface area contributed by atoms with Gasteiger partial charge in [-0.3, -0.25) is 9.36 Å². The van der Waals surface area contributed by atoms with Gasteiger partial charge in [-0.25, -0.2) is 9.97 Å². The Balaban J connectivity index is 1.42. The molecule has 206 valence electrons. The van der Waals surface area contributed by atoms with Crippen molar-refractivity contribution in [2.45, 2.75) is 90.3 Å². The van der Waals surface area contributed by atoms with Crippen molar-refractivity contribution in [1.29, 1.82) is 0 Å². The van der Waals surface area contributed by atoms with E-state index in [-0.39, 0.29) is 12.6 Å². The van der Waals surface area contributed by atoms with Crippen LogP contribution in [0.15, 0.2) is 36.7 Å². The number of carboxylic acid groups (broad SMARTS) is 1. The minimum Gasteiger partial charge on any atom is -0.494 e. The van der Waals surface area contributed by atoms with Gasteiger partial charge in [-0.1, -0.05) is 26.2 Å². The molecule has 9 nitrogen and oxygen atoms in total. The van der Waals surface area contributed by atoms with Crippen molar-refractivity contribution in [3.8, 4) is 5.75 Å². The molecule has 1 aliphatic heterocycles. The topological polar surface area (TPSA) is 111 Å². The predicted octanol–water partition coefficient (Wildman–Crippen LogP) is 6.89. The lowest BCUT2D eigenvalue weighted by atomic mass is 10.1. The average Bonchev–Trinajstić information content (AvgIpc) is 3.34. The fourth-order valence-corrected chi connectivity index (χ4v) is 4.81. The maximum atomic E-state index is 10.6. The van der Waals surface area contributed by atoms with Gasteiger partial charge in [0.15, 0.2) is 5.65 Å². The Labute approximate surface area is 225 Å². The molecule has 2 atom stereocenters. The summed E-state index contributed by atoms with van der Waals surface area (Å²) in [4.78, 5) is 20.2. The van der Waals surface area contributed by atoms with Crippen LogP contribution in [0.3, 0.4) is 0 Å². The van der Waals surface area contributed by atoms with Crippen molar-refractivity contribution >= 4 is 34.3 Å². The molecular formula is C29H41N5O4. The lowest BCUT2D eigenvalue weighted by Gasteiger charge is -2.24. The van der Waals surface area contributed by atoms with Crippen molar-refractivity contribution in [3.05, 3.63) is 36.7 Å². The predicted molar refractivity (Wildman–Crippen MR) is 150 cm³/mol. The van der Waals surface area contributed by atoms with Crippen LogP contribution in [-0.4, -0.2) is 44.9 Å². The first kappa shape index (κ1) is 27.7. The van der Waals surface area contributed by atoms with E-state index in [1.807, 2.05) is 36.7 Å². The highest BCUT2D eigenvalue weighted by molar-refractivity contribution is 5.88. The van der Waals surface area contributed by atoms with Crippen LogP contribution in [0.2, 0.25) is 0 Å². The first-order valence-electron chi connectivity index (χ1n) is 14.0. The molecular weight excluding hydrogens is 482 g/mol. The number of aromatic nitrogens is 3. The molecule has 1 saturated heterocycles. The zero-order valence-electron chi connectivity index (χ0n) is 22.6. The third-order valence-electron chi connectivity index (χ3n) is 6.80. The number of ether oxygens (including phenoxy) is 2. The number of anilines is 3. The van der Waals surface area contributed by atoms with E-state index in [2.05, 4.69) is 29.0 Å². The second-order valence-corrected chi connectivity index (χ2v) is 10.1. The third kappa shape index (κ3) is 7.84. The number of aliphatic carboxylic acids is 1. The molecule has 0 saturated carbocycles. The Bertz CT molecular complexity index is 1160. The van der Waals surface area contributed by atoms with E-state index in [4.69, 9.17) is 24.5 Å². The van der Waals surface area contributed by atoms with Crippen LogP contribution in [0.5, 0.6) is 5.75 Å². The number of hydrogen-bond donors (Lipinski definition) is 3. The van der Waals surface area contributed by atoms with Crippen LogP contribution >= 0.6 is 0 Å². The summed E-state index contributed by atoms with van der Waals surface area (Å²) in [7, 11) is 0. The fraction of sp³-hybridized carbons (Fsp3) is 0.552. The molecule has 1 aliphatic rings. The number of rotatable bonds is 15. The molecule has 9 heteroatoms. The number of nitrogens with zero attached hydrogens (tertiary/aromatic N) is 3. The normalized spacial score (nSPS) is 16.3. The lowest BCUT2D eigenvalue weighted by Crippen LogP contribution is -2.18. The summed E-state index contributed by atoms with van der Waals surface area (Å²) in [6.45, 7) is 5.77. The highest BCUT2D eigenvalue weighted by Gasteiger charge is 2.21. The second kappa shape index (κ2) is 14.0. The standard InChI is InChI=1S/C29H41N5O4/c1-3-10-21(2)31-24-19-25(33-29-28(24)30-20-34(29)26-11-7-9-18-38-26)32-22-13-15-23(16-14-22)37-17-8-5-4-6-12-27(35)36/h13-16,19-21,26H,3-12,17-18H2,1-2H3,(H,35,36)(H2,31,32,33). The number of imidazole rings is 1. The summed E-state index contributed by atoms with van der Waals surface area (Å²) in [5, 5.41) is 15.8. The first-order valence-corrected chi connectivity index (χ1v) is 14.0. The number of pyridine rings is 1. The number of benzene rings is 1. The number of unbranched alkanes of at least 4 members (excludes halogenated alkanes) is 3. The quantitative estimate of drug-likeness (QED) is 0.185. The number of carboxylic acids is 1. The largest absolute Gasteiger partial charge is 0.494 e. The van der Waals surface area contributed by atoms with Gasteiger partial charge in [-0.05, 0) is 69.7 Å². The summed E-state index contributed by atoms with van der Waals surface area (Å²) < 4.78 is 14.0. The van der Waals surface area contributed by atoms with E-state index in [1.165, 1.54) is 0 Å². The zero-order chi connectivity index (χ0) is 26.7. The maximum Gasteiger partial charge on any atom is 0.303 e. The summed E-state index contributed by atoms with van der Waals surface area (Å²) in [6, 6.07) is 10.2. The van der Waals surface area contributed by atoms with Gasteiger partial charge >= 0.3 is 5.97 Å². The van der Waals surface area contributed by atoms with Gasteiger partial charge in [0.25, 0.3) is 0 Å². The van der Waals surface area contributed by atoms with Crippen molar-refractivity contribution in [2.24, 2.45) is 0 Å². The van der Waals surface area contributed by atoms with Gasteiger partial charge in [0.2, 0.25) is 0 Å². The van der Waals surface area contributed by atoms with E-state index in [0.717, 1.165) is 98.5 Å². The van der Waals surface area contributed by atoms with E-state index in [0.29, 0.717) is 12.6 Å². The summed E-state index contributed by atoms with van der Waals surface area (Å²) >= 11 is 0. The molecule has 2 aromatic heterocycles. The van der Waals surface area contributed by atoms with Crippen LogP contribution in [0.4, 0.5) is 17.2 Å². The Kier molecular flexibility index (Phi) is 10.2. The lowest BCUT2D eigenvalue weighted by molar-refractivity contribution is -0.137. The van der Waals surface area contributed by atoms with Crippen molar-refractivity contribution in [1.82, 2.24) is 14.5 Å². The van der Waals surface area contributed by atoms with E-state index in [1.54, 1.807) is 0 Å². The summed E-state index contributed by atoms with van der Waals surface area (Å²) in [5.74, 6) is 0.830. The van der Waals surface area contributed by atoms with Crippen LogP contribution < -0.4 is 15.4 Å². The van der Waals surface area contributed by atoms with E-state index in [9.17, 15) is 4.79 Å². The van der Waals surface area contributed by atoms with Crippen LogP contribution in [0.25, 0.3) is 11.2 Å². The Morgan fingerprint density at radius 3 is 2.76 bits per heavy atom. The fourth-order valence-electron chi connectivity index (χ4n) is 4.81. The molecule has 3 aromatic rings. The molecule has 38 heavy (non-hydrogen) atoms. The van der Waals surface area contributed by atoms with E-state index >= 15 is 0 Å². The molecule has 1 fully saturated rings. The van der Waals surface area contributed by atoms with Gasteiger partial charge in [-0.2, -0.15) is 0 Å².